The number of aryl methyl sites for hydroxylation is 2. The minimum atomic E-state index is -0.266. The van der Waals surface area contributed by atoms with Gasteiger partial charge in [-0.05, 0) is 49.9 Å². The lowest BCUT2D eigenvalue weighted by Crippen LogP contribution is -2.15. The van der Waals surface area contributed by atoms with Gasteiger partial charge in [0, 0.05) is 17.2 Å². The van der Waals surface area contributed by atoms with Gasteiger partial charge in [-0.1, -0.05) is 6.92 Å². The van der Waals surface area contributed by atoms with Crippen LogP contribution < -0.4 is 10.6 Å². The summed E-state index contributed by atoms with van der Waals surface area (Å²) in [5.41, 5.74) is 3.96. The van der Waals surface area contributed by atoms with E-state index in [0.29, 0.717) is 23.6 Å². The third-order valence-corrected chi connectivity index (χ3v) is 4.70. The van der Waals surface area contributed by atoms with Crippen molar-refractivity contribution in [2.45, 2.75) is 33.1 Å². The van der Waals surface area contributed by atoms with E-state index in [4.69, 9.17) is 0 Å². The first-order valence-electron chi connectivity index (χ1n) is 8.76. The Morgan fingerprint density at radius 2 is 2.15 bits per heavy atom. The SMILES string of the molecule is CCc1cc(F)ccc1Nc1nc(NC(=O)C2CC2)c2[nH]cnc2c1C. The monoisotopic (exact) mass is 353 g/mol. The minimum absolute atomic E-state index is 0.0146. The zero-order valence-electron chi connectivity index (χ0n) is 14.7. The van der Waals surface area contributed by atoms with Crippen LogP contribution in [-0.4, -0.2) is 20.9 Å². The highest BCUT2D eigenvalue weighted by Crippen LogP contribution is 2.33. The second kappa shape index (κ2) is 6.40. The summed E-state index contributed by atoms with van der Waals surface area (Å²) >= 11 is 0. The fraction of sp³-hybridized carbons (Fsp3) is 0.316. The molecule has 1 fully saturated rings. The number of halogens is 1. The maximum atomic E-state index is 13.5. The standard InChI is InChI=1S/C19H20FN5O/c1-3-11-8-13(20)6-7-14(11)23-17-10(2)15-16(22-9-21-15)18(24-17)25-19(26)12-4-5-12/h6-9,12H,3-5H2,1-2H3,(H,21,22)(H2,23,24,25,26). The summed E-state index contributed by atoms with van der Waals surface area (Å²) in [5, 5.41) is 6.18. The van der Waals surface area contributed by atoms with Crippen LogP contribution in [0.2, 0.25) is 0 Å². The van der Waals surface area contributed by atoms with Gasteiger partial charge in [-0.3, -0.25) is 4.79 Å². The zero-order valence-corrected chi connectivity index (χ0v) is 14.7. The van der Waals surface area contributed by atoms with Crippen molar-refractivity contribution in [3.63, 3.8) is 0 Å². The quantitative estimate of drug-likeness (QED) is 0.646. The average Bonchev–Trinajstić information content (AvgIpc) is 3.37. The van der Waals surface area contributed by atoms with Gasteiger partial charge in [0.05, 0.1) is 11.8 Å². The first-order chi connectivity index (χ1) is 12.6. The molecule has 0 saturated heterocycles. The van der Waals surface area contributed by atoms with E-state index in [1.54, 1.807) is 12.4 Å². The Balaban J connectivity index is 1.74. The Morgan fingerprint density at radius 3 is 2.88 bits per heavy atom. The van der Waals surface area contributed by atoms with E-state index in [1.165, 1.54) is 12.1 Å². The summed E-state index contributed by atoms with van der Waals surface area (Å²) < 4.78 is 13.5. The van der Waals surface area contributed by atoms with Crippen LogP contribution in [-0.2, 0) is 11.2 Å². The smallest absolute Gasteiger partial charge is 0.228 e. The fourth-order valence-electron chi connectivity index (χ4n) is 3.00. The lowest BCUT2D eigenvalue weighted by Gasteiger charge is -2.15. The van der Waals surface area contributed by atoms with Crippen molar-refractivity contribution in [3.05, 3.63) is 41.5 Å². The number of nitrogens with zero attached hydrogens (tertiary/aromatic N) is 2. The first-order valence-corrected chi connectivity index (χ1v) is 8.76. The Labute approximate surface area is 150 Å². The minimum Gasteiger partial charge on any atom is -0.342 e. The second-order valence-electron chi connectivity index (χ2n) is 6.60. The molecule has 26 heavy (non-hydrogen) atoms. The van der Waals surface area contributed by atoms with E-state index >= 15 is 0 Å². The Bertz CT molecular complexity index is 993. The van der Waals surface area contributed by atoms with Crippen molar-refractivity contribution >= 4 is 34.3 Å². The van der Waals surface area contributed by atoms with Crippen LogP contribution in [0.3, 0.4) is 0 Å². The number of hydrogen-bond donors (Lipinski definition) is 3. The normalized spacial score (nSPS) is 13.8. The van der Waals surface area contributed by atoms with E-state index in [2.05, 4.69) is 25.6 Å². The molecular formula is C19H20FN5O. The van der Waals surface area contributed by atoms with Crippen molar-refractivity contribution in [2.24, 2.45) is 5.92 Å². The molecule has 2 aromatic heterocycles. The molecule has 134 valence electrons. The van der Waals surface area contributed by atoms with Gasteiger partial charge >= 0.3 is 0 Å². The number of carbonyl (C=O) groups excluding carboxylic acids is 1. The van der Waals surface area contributed by atoms with Crippen LogP contribution in [0.4, 0.5) is 21.7 Å². The third kappa shape index (κ3) is 3.00. The van der Waals surface area contributed by atoms with Crippen LogP contribution in [0.15, 0.2) is 24.5 Å². The number of carbonyl (C=O) groups is 1. The predicted molar refractivity (Wildman–Crippen MR) is 99.0 cm³/mol. The molecule has 3 aromatic rings. The predicted octanol–water partition coefficient (Wildman–Crippen LogP) is 4.06. The van der Waals surface area contributed by atoms with Crippen LogP contribution in [0, 0.1) is 18.7 Å². The molecule has 2 heterocycles. The summed E-state index contributed by atoms with van der Waals surface area (Å²) in [6.45, 7) is 3.89. The number of H-pyrrole nitrogens is 1. The molecule has 7 heteroatoms. The molecule has 1 aliphatic rings. The zero-order chi connectivity index (χ0) is 18.3. The molecule has 4 rings (SSSR count). The molecule has 0 aliphatic heterocycles. The lowest BCUT2D eigenvalue weighted by molar-refractivity contribution is -0.117. The summed E-state index contributed by atoms with van der Waals surface area (Å²) in [6.07, 6.45) is 4.12. The molecule has 3 N–H and O–H groups in total. The topological polar surface area (TPSA) is 82.7 Å². The summed E-state index contributed by atoms with van der Waals surface area (Å²) in [6, 6.07) is 4.63. The first kappa shape index (κ1) is 16.5. The molecule has 1 saturated carbocycles. The number of anilines is 3. The van der Waals surface area contributed by atoms with E-state index in [9.17, 15) is 9.18 Å². The molecule has 0 atom stereocenters. The molecule has 0 spiro atoms. The molecule has 0 radical (unpaired) electrons. The van der Waals surface area contributed by atoms with E-state index < -0.39 is 0 Å². The number of pyridine rings is 1. The lowest BCUT2D eigenvalue weighted by atomic mass is 10.1. The molecule has 1 amide bonds. The average molecular weight is 353 g/mol. The number of aromatic nitrogens is 3. The van der Waals surface area contributed by atoms with Crippen LogP contribution in [0.25, 0.3) is 11.0 Å². The highest BCUT2D eigenvalue weighted by Gasteiger charge is 2.30. The Morgan fingerprint density at radius 1 is 1.35 bits per heavy atom. The number of imidazole rings is 1. The summed E-state index contributed by atoms with van der Waals surface area (Å²) in [4.78, 5) is 24.2. The maximum Gasteiger partial charge on any atom is 0.228 e. The highest BCUT2D eigenvalue weighted by atomic mass is 19.1. The number of benzene rings is 1. The second-order valence-corrected chi connectivity index (χ2v) is 6.60. The molecule has 1 aromatic carbocycles. The fourth-order valence-corrected chi connectivity index (χ4v) is 3.00. The third-order valence-electron chi connectivity index (χ3n) is 4.70. The maximum absolute atomic E-state index is 13.5. The number of aromatic amines is 1. The number of amides is 1. The van der Waals surface area contributed by atoms with Crippen molar-refractivity contribution < 1.29 is 9.18 Å². The van der Waals surface area contributed by atoms with Crippen LogP contribution >= 0.6 is 0 Å². The van der Waals surface area contributed by atoms with Gasteiger partial charge in [-0.25, -0.2) is 14.4 Å². The van der Waals surface area contributed by atoms with Gasteiger partial charge in [0.2, 0.25) is 5.91 Å². The van der Waals surface area contributed by atoms with Gasteiger partial charge in [-0.2, -0.15) is 0 Å². The number of fused-ring (bicyclic) bond motifs is 1. The van der Waals surface area contributed by atoms with E-state index in [1.807, 2.05) is 13.8 Å². The molecule has 0 unspecified atom stereocenters. The van der Waals surface area contributed by atoms with Crippen LogP contribution in [0.1, 0.15) is 30.9 Å². The number of hydrogen-bond acceptors (Lipinski definition) is 4. The number of nitrogens with one attached hydrogen (secondary N) is 3. The van der Waals surface area contributed by atoms with E-state index in [-0.39, 0.29) is 17.6 Å². The molecule has 1 aliphatic carbocycles. The summed E-state index contributed by atoms with van der Waals surface area (Å²) in [5.74, 6) is 0.854. The van der Waals surface area contributed by atoms with Gasteiger partial charge in [0.25, 0.3) is 0 Å². The Hall–Kier alpha value is -2.96. The van der Waals surface area contributed by atoms with Crippen molar-refractivity contribution in [1.29, 1.82) is 0 Å². The van der Waals surface area contributed by atoms with E-state index in [0.717, 1.165) is 35.2 Å². The van der Waals surface area contributed by atoms with Gasteiger partial charge in [-0.15, -0.1) is 0 Å². The van der Waals surface area contributed by atoms with Crippen molar-refractivity contribution in [2.75, 3.05) is 10.6 Å². The molecular weight excluding hydrogens is 333 g/mol. The van der Waals surface area contributed by atoms with Crippen molar-refractivity contribution in [1.82, 2.24) is 15.0 Å². The van der Waals surface area contributed by atoms with Gasteiger partial charge < -0.3 is 15.6 Å². The Kier molecular flexibility index (Phi) is 4.06. The molecule has 6 nitrogen and oxygen atoms in total. The highest BCUT2D eigenvalue weighted by molar-refractivity contribution is 6.01. The molecule has 0 bridgehead atoms. The summed E-state index contributed by atoms with van der Waals surface area (Å²) in [7, 11) is 0. The van der Waals surface area contributed by atoms with Crippen molar-refractivity contribution in [3.8, 4) is 0 Å². The largest absolute Gasteiger partial charge is 0.342 e. The van der Waals surface area contributed by atoms with Crippen LogP contribution in [0.5, 0.6) is 0 Å². The number of rotatable bonds is 5. The van der Waals surface area contributed by atoms with Gasteiger partial charge in [0.15, 0.2) is 5.82 Å². The van der Waals surface area contributed by atoms with Gasteiger partial charge in [0.1, 0.15) is 17.2 Å².